The van der Waals surface area contributed by atoms with Gasteiger partial charge in [-0.15, -0.1) is 0 Å². The first kappa shape index (κ1) is 19.4. The van der Waals surface area contributed by atoms with Crippen molar-refractivity contribution in [1.29, 1.82) is 0 Å². The summed E-state index contributed by atoms with van der Waals surface area (Å²) in [6, 6.07) is 5.14. The average molecular weight is 395 g/mol. The zero-order valence-electron chi connectivity index (χ0n) is 16.8. The zero-order valence-corrected chi connectivity index (χ0v) is 16.8. The predicted octanol–water partition coefficient (Wildman–Crippen LogP) is 2.44. The molecule has 1 fully saturated rings. The van der Waals surface area contributed by atoms with Gasteiger partial charge in [0.1, 0.15) is 11.4 Å². The van der Waals surface area contributed by atoms with Gasteiger partial charge in [-0.05, 0) is 37.8 Å². The number of Topliss-reactive ketones (excluding diaryl/α,β-unsaturated/α-hetero) is 1. The molecule has 1 atom stereocenters. The highest BCUT2D eigenvalue weighted by Crippen LogP contribution is 2.24. The molecule has 3 aromatic rings. The van der Waals surface area contributed by atoms with Crippen LogP contribution in [0, 0.1) is 5.92 Å². The van der Waals surface area contributed by atoms with Gasteiger partial charge in [-0.1, -0.05) is 0 Å². The minimum atomic E-state index is -0.291. The largest absolute Gasteiger partial charge is 0.493 e. The molecule has 0 aliphatic carbocycles. The second-order valence-corrected chi connectivity index (χ2v) is 7.47. The van der Waals surface area contributed by atoms with E-state index in [1.54, 1.807) is 25.4 Å². The van der Waals surface area contributed by atoms with Gasteiger partial charge in [0.05, 0.1) is 17.9 Å². The first-order chi connectivity index (χ1) is 14.0. The summed E-state index contributed by atoms with van der Waals surface area (Å²) < 4.78 is 14.6. The van der Waals surface area contributed by atoms with E-state index in [-0.39, 0.29) is 23.3 Å². The van der Waals surface area contributed by atoms with Crippen molar-refractivity contribution >= 4 is 11.4 Å². The molecule has 1 unspecified atom stereocenters. The maximum Gasteiger partial charge on any atom is 0.261 e. The Morgan fingerprint density at radius 2 is 2.24 bits per heavy atom. The van der Waals surface area contributed by atoms with Gasteiger partial charge >= 0.3 is 0 Å². The number of hydrogen-bond donors (Lipinski definition) is 0. The molecule has 1 saturated heterocycles. The molecule has 0 bridgehead atoms. The molecule has 7 nitrogen and oxygen atoms in total. The van der Waals surface area contributed by atoms with Crippen molar-refractivity contribution < 1.29 is 14.3 Å². The van der Waals surface area contributed by atoms with Crippen LogP contribution < -0.4 is 10.3 Å². The Kier molecular flexibility index (Phi) is 5.49. The lowest BCUT2D eigenvalue weighted by molar-refractivity contribution is 0.0989. The van der Waals surface area contributed by atoms with Crippen molar-refractivity contribution in [2.75, 3.05) is 19.8 Å². The van der Waals surface area contributed by atoms with Crippen LogP contribution in [0.15, 0.2) is 41.6 Å². The van der Waals surface area contributed by atoms with E-state index >= 15 is 0 Å². The summed E-state index contributed by atoms with van der Waals surface area (Å²) >= 11 is 0. The van der Waals surface area contributed by atoms with Gasteiger partial charge in [-0.2, -0.15) is 0 Å². The number of fused-ring (bicyclic) bond motifs is 1. The molecule has 0 aromatic carbocycles. The molecule has 7 heteroatoms. The number of ketones is 1. The number of nitrogens with zero attached hydrogens (tertiary/aromatic N) is 3. The minimum Gasteiger partial charge on any atom is -0.493 e. The third-order valence-corrected chi connectivity index (χ3v) is 5.28. The van der Waals surface area contributed by atoms with E-state index in [1.165, 1.54) is 4.57 Å². The number of ether oxygens (including phenoxy) is 2. The number of carbonyl (C=O) groups excluding carboxylic acids is 1. The van der Waals surface area contributed by atoms with Crippen molar-refractivity contribution in [3.8, 4) is 5.75 Å². The van der Waals surface area contributed by atoms with Crippen LogP contribution in [0.5, 0.6) is 5.75 Å². The molecule has 152 valence electrons. The number of pyridine rings is 2. The molecule has 0 spiro atoms. The topological polar surface area (TPSA) is 74.8 Å². The van der Waals surface area contributed by atoms with Gasteiger partial charge in [0, 0.05) is 56.9 Å². The Morgan fingerprint density at radius 1 is 1.38 bits per heavy atom. The van der Waals surface area contributed by atoms with Gasteiger partial charge in [-0.3, -0.25) is 9.59 Å². The van der Waals surface area contributed by atoms with Crippen LogP contribution in [0.25, 0.3) is 5.65 Å². The number of aromatic nitrogens is 3. The van der Waals surface area contributed by atoms with Crippen LogP contribution in [0.2, 0.25) is 0 Å². The normalized spacial score (nSPS) is 16.4. The van der Waals surface area contributed by atoms with Gasteiger partial charge in [0.2, 0.25) is 0 Å². The smallest absolute Gasteiger partial charge is 0.261 e. The predicted molar refractivity (Wildman–Crippen MR) is 109 cm³/mol. The van der Waals surface area contributed by atoms with E-state index in [0.29, 0.717) is 18.3 Å². The van der Waals surface area contributed by atoms with Gasteiger partial charge in [0.15, 0.2) is 5.78 Å². The number of hydrogen-bond acceptors (Lipinski definition) is 5. The minimum absolute atomic E-state index is 0.0918. The molecule has 4 heterocycles. The molecular weight excluding hydrogens is 370 g/mol. The first-order valence-electron chi connectivity index (χ1n) is 9.95. The first-order valence-corrected chi connectivity index (χ1v) is 9.95. The van der Waals surface area contributed by atoms with Gasteiger partial charge < -0.3 is 18.4 Å². The number of aryl methyl sites for hydroxylation is 1. The molecule has 4 rings (SSSR count). The van der Waals surface area contributed by atoms with Crippen LogP contribution in [0.3, 0.4) is 0 Å². The van der Waals surface area contributed by atoms with Crippen molar-refractivity contribution in [2.45, 2.75) is 26.2 Å². The summed E-state index contributed by atoms with van der Waals surface area (Å²) in [7, 11) is 1.64. The van der Waals surface area contributed by atoms with Crippen molar-refractivity contribution in [1.82, 2.24) is 14.0 Å². The summed E-state index contributed by atoms with van der Waals surface area (Å²) in [4.78, 5) is 29.8. The number of rotatable bonds is 7. The summed E-state index contributed by atoms with van der Waals surface area (Å²) in [6.45, 7) is 3.98. The van der Waals surface area contributed by atoms with Crippen LogP contribution >= 0.6 is 0 Å². The Labute approximate surface area is 168 Å². The Hall–Kier alpha value is -2.93. The molecule has 0 N–H and O–H groups in total. The second-order valence-electron chi connectivity index (χ2n) is 7.47. The lowest BCUT2D eigenvalue weighted by atomic mass is 10.0. The standard InChI is InChI=1S/C22H25N3O4/c1-3-29-20-11-21-23-17(9-15-6-8-28-14-15)13-25(21)12-16(20)10-19(26)18-5-4-7-24(2)22(18)27/h4-5,7,11-13,15H,3,6,8-10,14H2,1-2H3. The fraction of sp³-hybridized carbons (Fsp3) is 0.409. The Bertz CT molecular complexity index is 1090. The van der Waals surface area contributed by atoms with Crippen LogP contribution in [-0.2, 0) is 24.6 Å². The zero-order chi connectivity index (χ0) is 20.4. The highest BCUT2D eigenvalue weighted by molar-refractivity contribution is 5.97. The summed E-state index contributed by atoms with van der Waals surface area (Å²) in [5, 5.41) is 0. The molecule has 0 saturated carbocycles. The highest BCUT2D eigenvalue weighted by Gasteiger charge is 2.19. The van der Waals surface area contributed by atoms with Crippen LogP contribution in [0.1, 0.15) is 35.0 Å². The molecule has 0 amide bonds. The highest BCUT2D eigenvalue weighted by atomic mass is 16.5. The fourth-order valence-electron chi connectivity index (χ4n) is 3.75. The number of carbonyl (C=O) groups is 1. The lowest BCUT2D eigenvalue weighted by Crippen LogP contribution is -2.24. The molecule has 1 aliphatic rings. The third-order valence-electron chi connectivity index (χ3n) is 5.28. The summed E-state index contributed by atoms with van der Waals surface area (Å²) in [6.07, 6.45) is 7.55. The van der Waals surface area contributed by atoms with E-state index < -0.39 is 0 Å². The SMILES string of the molecule is CCOc1cc2nc(CC3CCOC3)cn2cc1CC(=O)c1cccn(C)c1=O. The molecular formula is C22H25N3O4. The number of imidazole rings is 1. The monoisotopic (exact) mass is 395 g/mol. The van der Waals surface area contributed by atoms with Gasteiger partial charge in [-0.25, -0.2) is 4.98 Å². The molecule has 3 aromatic heterocycles. The third kappa shape index (κ3) is 4.10. The van der Waals surface area contributed by atoms with E-state index in [0.717, 1.165) is 43.0 Å². The van der Waals surface area contributed by atoms with E-state index in [2.05, 4.69) is 0 Å². The van der Waals surface area contributed by atoms with E-state index in [4.69, 9.17) is 14.5 Å². The molecule has 29 heavy (non-hydrogen) atoms. The Morgan fingerprint density at radius 3 is 3.00 bits per heavy atom. The second kappa shape index (κ2) is 8.21. The summed E-state index contributed by atoms with van der Waals surface area (Å²) in [5.74, 6) is 0.902. The summed E-state index contributed by atoms with van der Waals surface area (Å²) in [5.41, 5.74) is 2.42. The van der Waals surface area contributed by atoms with Gasteiger partial charge in [0.25, 0.3) is 5.56 Å². The van der Waals surface area contributed by atoms with Crippen molar-refractivity contribution in [2.24, 2.45) is 13.0 Å². The maximum atomic E-state index is 12.8. The van der Waals surface area contributed by atoms with Crippen LogP contribution in [0.4, 0.5) is 0 Å². The van der Waals surface area contributed by atoms with E-state index in [1.807, 2.05) is 29.8 Å². The van der Waals surface area contributed by atoms with Crippen molar-refractivity contribution in [3.63, 3.8) is 0 Å². The average Bonchev–Trinajstić information content (AvgIpc) is 3.33. The quantitative estimate of drug-likeness (QED) is 0.575. The fourth-order valence-corrected chi connectivity index (χ4v) is 3.75. The van der Waals surface area contributed by atoms with E-state index in [9.17, 15) is 9.59 Å². The molecule has 0 radical (unpaired) electrons. The molecule has 1 aliphatic heterocycles. The Balaban J connectivity index is 1.64. The maximum absolute atomic E-state index is 12.8. The lowest BCUT2D eigenvalue weighted by Gasteiger charge is -2.11. The van der Waals surface area contributed by atoms with Crippen LogP contribution in [-0.4, -0.2) is 39.6 Å². The van der Waals surface area contributed by atoms with Crippen molar-refractivity contribution in [3.05, 3.63) is 64.0 Å².